The Morgan fingerprint density at radius 3 is 1.83 bits per heavy atom. The highest BCUT2D eigenvalue weighted by Crippen LogP contribution is 2.42. The van der Waals surface area contributed by atoms with Crippen LogP contribution in [0.15, 0.2) is 37.7 Å². The van der Waals surface area contributed by atoms with Crippen LogP contribution in [0.25, 0.3) is 0 Å². The van der Waals surface area contributed by atoms with Crippen LogP contribution in [0.1, 0.15) is 40.9 Å². The maximum atomic E-state index is 12.5. The van der Waals surface area contributed by atoms with E-state index in [-0.39, 0.29) is 5.91 Å². The number of anilines is 1. The first-order valence-electron chi connectivity index (χ1n) is 7.46. The number of benzene rings is 2. The van der Waals surface area contributed by atoms with Crippen molar-refractivity contribution in [2.24, 2.45) is 0 Å². The van der Waals surface area contributed by atoms with Crippen molar-refractivity contribution >= 4 is 59.4 Å². The SMILES string of the molecule is CCc1c(Br)c(CC)c(Br)c(NC(=O)c2ccc(C)cc2)c1Br. The first kappa shape index (κ1) is 18.7. The van der Waals surface area contributed by atoms with Gasteiger partial charge in [-0.2, -0.15) is 0 Å². The van der Waals surface area contributed by atoms with Gasteiger partial charge in [0.05, 0.1) is 5.69 Å². The van der Waals surface area contributed by atoms with Crippen molar-refractivity contribution in [2.45, 2.75) is 33.6 Å². The fraction of sp³-hybridized carbons (Fsp3) is 0.278. The van der Waals surface area contributed by atoms with Gasteiger partial charge >= 0.3 is 0 Å². The number of nitrogens with one attached hydrogen (secondary N) is 1. The van der Waals surface area contributed by atoms with Crippen molar-refractivity contribution < 1.29 is 4.79 Å². The van der Waals surface area contributed by atoms with E-state index in [9.17, 15) is 4.79 Å². The van der Waals surface area contributed by atoms with Crippen LogP contribution in [-0.4, -0.2) is 5.91 Å². The van der Waals surface area contributed by atoms with Crippen LogP contribution in [0.4, 0.5) is 5.69 Å². The molecule has 0 aromatic heterocycles. The van der Waals surface area contributed by atoms with Gasteiger partial charge in [0.25, 0.3) is 5.91 Å². The molecule has 1 amide bonds. The molecule has 0 fully saturated rings. The Morgan fingerprint density at radius 1 is 0.913 bits per heavy atom. The molecule has 0 unspecified atom stereocenters. The van der Waals surface area contributed by atoms with Crippen molar-refractivity contribution in [2.75, 3.05) is 5.32 Å². The van der Waals surface area contributed by atoms with Crippen molar-refractivity contribution in [1.29, 1.82) is 0 Å². The Kier molecular flexibility index (Phi) is 6.46. The van der Waals surface area contributed by atoms with E-state index in [0.717, 1.165) is 48.6 Å². The first-order chi connectivity index (χ1) is 10.9. The third-order valence-corrected chi connectivity index (χ3v) is 6.47. The Morgan fingerprint density at radius 2 is 1.39 bits per heavy atom. The molecule has 0 saturated carbocycles. The van der Waals surface area contributed by atoms with Gasteiger partial charge in [-0.3, -0.25) is 4.79 Å². The molecule has 2 rings (SSSR count). The van der Waals surface area contributed by atoms with Crippen LogP contribution in [0.2, 0.25) is 0 Å². The molecule has 1 N–H and O–H groups in total. The van der Waals surface area contributed by atoms with Gasteiger partial charge in [-0.15, -0.1) is 0 Å². The number of amides is 1. The van der Waals surface area contributed by atoms with Gasteiger partial charge < -0.3 is 5.32 Å². The van der Waals surface area contributed by atoms with Crippen molar-refractivity contribution in [3.8, 4) is 0 Å². The molecule has 23 heavy (non-hydrogen) atoms. The van der Waals surface area contributed by atoms with Gasteiger partial charge in [-0.25, -0.2) is 0 Å². The summed E-state index contributed by atoms with van der Waals surface area (Å²) in [7, 11) is 0. The molecule has 0 bridgehead atoms. The highest BCUT2D eigenvalue weighted by molar-refractivity contribution is 9.11. The zero-order valence-electron chi connectivity index (χ0n) is 13.3. The monoisotopic (exact) mass is 501 g/mol. The number of aryl methyl sites for hydroxylation is 1. The molecule has 0 heterocycles. The summed E-state index contributed by atoms with van der Waals surface area (Å²) in [6.07, 6.45) is 1.74. The molecule has 122 valence electrons. The maximum Gasteiger partial charge on any atom is 0.255 e. The molecule has 2 aromatic rings. The smallest absolute Gasteiger partial charge is 0.255 e. The van der Waals surface area contributed by atoms with E-state index in [1.807, 2.05) is 31.2 Å². The molecule has 2 aromatic carbocycles. The lowest BCUT2D eigenvalue weighted by atomic mass is 10.0. The van der Waals surface area contributed by atoms with E-state index >= 15 is 0 Å². The fourth-order valence-corrected chi connectivity index (χ4v) is 5.70. The highest BCUT2D eigenvalue weighted by Gasteiger charge is 2.20. The van der Waals surface area contributed by atoms with Crippen molar-refractivity contribution in [3.05, 3.63) is 59.9 Å². The standard InChI is InChI=1S/C18H18Br3NO/c1-4-12-14(19)13(5-2)16(21)17(15(12)20)22-18(23)11-8-6-10(3)7-9-11/h6-9H,4-5H2,1-3H3,(H,22,23). The molecule has 2 nitrogen and oxygen atoms in total. The van der Waals surface area contributed by atoms with Crippen molar-refractivity contribution in [3.63, 3.8) is 0 Å². The van der Waals surface area contributed by atoms with E-state index in [0.29, 0.717) is 5.56 Å². The summed E-state index contributed by atoms with van der Waals surface area (Å²) in [4.78, 5) is 12.5. The van der Waals surface area contributed by atoms with Gasteiger partial charge in [0.15, 0.2) is 0 Å². The predicted octanol–water partition coefficient (Wildman–Crippen LogP) is 6.66. The Labute approximate surface area is 162 Å². The lowest BCUT2D eigenvalue weighted by molar-refractivity contribution is 0.102. The zero-order valence-corrected chi connectivity index (χ0v) is 18.0. The number of hydrogen-bond acceptors (Lipinski definition) is 1. The van der Waals surface area contributed by atoms with Gasteiger partial charge in [0.1, 0.15) is 0 Å². The molecule has 0 saturated heterocycles. The molecule has 0 spiro atoms. The topological polar surface area (TPSA) is 29.1 Å². The van der Waals surface area contributed by atoms with Gasteiger partial charge in [-0.1, -0.05) is 47.5 Å². The minimum Gasteiger partial charge on any atom is -0.320 e. The van der Waals surface area contributed by atoms with Gasteiger partial charge in [0.2, 0.25) is 0 Å². The summed E-state index contributed by atoms with van der Waals surface area (Å²) in [5.74, 6) is -0.113. The van der Waals surface area contributed by atoms with E-state index in [2.05, 4.69) is 67.0 Å². The summed E-state index contributed by atoms with van der Waals surface area (Å²) < 4.78 is 2.92. The normalized spacial score (nSPS) is 10.7. The molecular formula is C18H18Br3NO. The number of halogens is 3. The zero-order chi connectivity index (χ0) is 17.1. The largest absolute Gasteiger partial charge is 0.320 e. The Hall–Kier alpha value is -0.650. The number of carbonyl (C=O) groups excluding carboxylic acids is 1. The molecule has 5 heteroatoms. The quantitative estimate of drug-likeness (QED) is 0.496. The molecule has 0 aliphatic heterocycles. The second kappa shape index (κ2) is 7.95. The molecule has 0 radical (unpaired) electrons. The average molecular weight is 504 g/mol. The van der Waals surface area contributed by atoms with Crippen LogP contribution in [0, 0.1) is 6.92 Å². The first-order valence-corrected chi connectivity index (χ1v) is 9.84. The van der Waals surface area contributed by atoms with E-state index in [4.69, 9.17) is 0 Å². The van der Waals surface area contributed by atoms with Gasteiger partial charge in [0, 0.05) is 19.0 Å². The van der Waals surface area contributed by atoms with E-state index in [1.165, 1.54) is 0 Å². The lowest BCUT2D eigenvalue weighted by Crippen LogP contribution is -2.14. The molecule has 0 aliphatic rings. The van der Waals surface area contributed by atoms with Crippen LogP contribution < -0.4 is 5.32 Å². The van der Waals surface area contributed by atoms with Gasteiger partial charge in [-0.05, 0) is 74.9 Å². The summed E-state index contributed by atoms with van der Waals surface area (Å²) >= 11 is 11.0. The summed E-state index contributed by atoms with van der Waals surface area (Å²) in [5, 5.41) is 3.04. The second-order valence-corrected chi connectivity index (χ2v) is 7.68. The number of rotatable bonds is 4. The third-order valence-electron chi connectivity index (χ3n) is 3.76. The van der Waals surface area contributed by atoms with Crippen LogP contribution >= 0.6 is 47.8 Å². The van der Waals surface area contributed by atoms with Crippen LogP contribution in [0.5, 0.6) is 0 Å². The molecule has 0 aliphatic carbocycles. The number of hydrogen-bond donors (Lipinski definition) is 1. The minimum absolute atomic E-state index is 0.113. The average Bonchev–Trinajstić information content (AvgIpc) is 2.53. The fourth-order valence-electron chi connectivity index (χ4n) is 2.39. The Bertz CT molecular complexity index is 708. The van der Waals surface area contributed by atoms with E-state index < -0.39 is 0 Å². The second-order valence-electron chi connectivity index (χ2n) is 5.30. The predicted molar refractivity (Wildman–Crippen MR) is 107 cm³/mol. The third kappa shape index (κ3) is 3.89. The summed E-state index contributed by atoms with van der Waals surface area (Å²) in [6, 6.07) is 7.56. The van der Waals surface area contributed by atoms with E-state index in [1.54, 1.807) is 0 Å². The molecular weight excluding hydrogens is 486 g/mol. The van der Waals surface area contributed by atoms with Crippen molar-refractivity contribution in [1.82, 2.24) is 0 Å². The molecule has 0 atom stereocenters. The number of carbonyl (C=O) groups is 1. The maximum absolute atomic E-state index is 12.5. The highest BCUT2D eigenvalue weighted by atomic mass is 79.9. The lowest BCUT2D eigenvalue weighted by Gasteiger charge is -2.18. The minimum atomic E-state index is -0.113. The summed E-state index contributed by atoms with van der Waals surface area (Å²) in [6.45, 7) is 6.21. The summed E-state index contributed by atoms with van der Waals surface area (Å²) in [5.41, 5.74) is 4.88. The van der Waals surface area contributed by atoms with Crippen LogP contribution in [-0.2, 0) is 12.8 Å². The van der Waals surface area contributed by atoms with Crippen LogP contribution in [0.3, 0.4) is 0 Å². The Balaban J connectivity index is 2.47.